The number of imidazole rings is 1. The van der Waals surface area contributed by atoms with Gasteiger partial charge in [-0.1, -0.05) is 5.21 Å². The lowest BCUT2D eigenvalue weighted by Crippen LogP contribution is -2.48. The van der Waals surface area contributed by atoms with Gasteiger partial charge in [0.25, 0.3) is 5.92 Å². The lowest BCUT2D eigenvalue weighted by atomic mass is 9.92. The van der Waals surface area contributed by atoms with Crippen molar-refractivity contribution in [2.75, 3.05) is 18.0 Å². The molecule has 1 saturated carbocycles. The summed E-state index contributed by atoms with van der Waals surface area (Å²) >= 11 is 0. The second kappa shape index (κ2) is 9.14. The molecule has 3 aromatic rings. The number of halogens is 2. The average Bonchev–Trinajstić information content (AvgIpc) is 3.45. The molecular formula is C24H29F2N7O3. The Hall–Kier alpha value is -3.57. The standard InChI is InChI=1S/C24H29F2N7O3/c1-15-19(33-12-17(9-21(34)35)10-24(25,26)14-33)6-5-18(27-15)22-20(30(2)29-28-22)13-32-8-7-31(23(32)36)11-16-3-4-16/h5-8,16-17H,3-4,9-14H2,1-2H3,(H,34,35). The number of piperidine rings is 1. The number of carboxylic acid groups (broad SMARTS) is 1. The van der Waals surface area contributed by atoms with Gasteiger partial charge in [-0.05, 0) is 43.7 Å². The van der Waals surface area contributed by atoms with E-state index in [1.165, 1.54) is 4.90 Å². The van der Waals surface area contributed by atoms with Gasteiger partial charge in [-0.25, -0.2) is 23.2 Å². The Morgan fingerprint density at radius 3 is 2.64 bits per heavy atom. The van der Waals surface area contributed by atoms with E-state index in [4.69, 9.17) is 5.11 Å². The molecule has 1 unspecified atom stereocenters. The molecule has 3 aromatic heterocycles. The molecule has 12 heteroatoms. The van der Waals surface area contributed by atoms with Gasteiger partial charge in [0.15, 0.2) is 0 Å². The van der Waals surface area contributed by atoms with E-state index >= 15 is 0 Å². The van der Waals surface area contributed by atoms with E-state index in [9.17, 15) is 18.4 Å². The van der Waals surface area contributed by atoms with Crippen LogP contribution >= 0.6 is 0 Å². The highest BCUT2D eigenvalue weighted by molar-refractivity contribution is 5.67. The maximum absolute atomic E-state index is 14.4. The van der Waals surface area contributed by atoms with Crippen LogP contribution in [0.2, 0.25) is 0 Å². The molecule has 0 bridgehead atoms. The van der Waals surface area contributed by atoms with Crippen LogP contribution < -0.4 is 10.6 Å². The van der Waals surface area contributed by atoms with Crippen molar-refractivity contribution in [3.8, 4) is 11.4 Å². The maximum Gasteiger partial charge on any atom is 0.328 e. The molecular weight excluding hydrogens is 472 g/mol. The number of aliphatic carboxylic acids is 1. The highest BCUT2D eigenvalue weighted by Gasteiger charge is 2.41. The number of aromatic nitrogens is 6. The predicted octanol–water partition coefficient (Wildman–Crippen LogP) is 2.54. The van der Waals surface area contributed by atoms with Crippen molar-refractivity contribution in [3.63, 3.8) is 0 Å². The fourth-order valence-corrected chi connectivity index (χ4v) is 5.00. The number of anilines is 1. The van der Waals surface area contributed by atoms with Gasteiger partial charge in [0.1, 0.15) is 5.69 Å². The molecule has 4 heterocycles. The summed E-state index contributed by atoms with van der Waals surface area (Å²) in [5.74, 6) is -4.13. The Balaban J connectivity index is 1.39. The van der Waals surface area contributed by atoms with Crippen LogP contribution in [0.5, 0.6) is 0 Å². The van der Waals surface area contributed by atoms with Gasteiger partial charge in [0.2, 0.25) is 0 Å². The SMILES string of the molecule is Cc1nc(-c2nnn(C)c2Cn2ccn(CC3CC3)c2=O)ccc1N1CC(CC(=O)O)CC(F)(F)C1. The summed E-state index contributed by atoms with van der Waals surface area (Å²) in [7, 11) is 1.75. The van der Waals surface area contributed by atoms with Crippen LogP contribution in [-0.4, -0.2) is 59.2 Å². The lowest BCUT2D eigenvalue weighted by molar-refractivity contribution is -0.139. The van der Waals surface area contributed by atoms with Crippen molar-refractivity contribution in [1.82, 2.24) is 29.1 Å². The van der Waals surface area contributed by atoms with Crippen molar-refractivity contribution < 1.29 is 18.7 Å². The average molecular weight is 502 g/mol. The molecule has 1 N–H and O–H groups in total. The third-order valence-corrected chi connectivity index (χ3v) is 6.93. The number of aryl methyl sites for hydroxylation is 2. The number of nitrogens with zero attached hydrogens (tertiary/aromatic N) is 7. The van der Waals surface area contributed by atoms with Crippen molar-refractivity contribution in [1.29, 1.82) is 0 Å². The Morgan fingerprint density at radius 2 is 1.94 bits per heavy atom. The molecule has 2 fully saturated rings. The van der Waals surface area contributed by atoms with Crippen LogP contribution in [0.1, 0.15) is 37.1 Å². The van der Waals surface area contributed by atoms with Crippen LogP contribution in [0.3, 0.4) is 0 Å². The topological polar surface area (TPSA) is 111 Å². The first-order valence-corrected chi connectivity index (χ1v) is 12.1. The molecule has 10 nitrogen and oxygen atoms in total. The minimum absolute atomic E-state index is 0.0875. The van der Waals surface area contributed by atoms with Crippen LogP contribution in [0.4, 0.5) is 14.5 Å². The summed E-state index contributed by atoms with van der Waals surface area (Å²) in [6.45, 7) is 2.47. The van der Waals surface area contributed by atoms with Crippen molar-refractivity contribution in [2.24, 2.45) is 18.9 Å². The number of pyridine rings is 1. The smallest absolute Gasteiger partial charge is 0.328 e. The molecule has 1 aliphatic heterocycles. The molecule has 5 rings (SSSR count). The maximum atomic E-state index is 14.4. The van der Waals surface area contributed by atoms with E-state index in [0.29, 0.717) is 34.4 Å². The summed E-state index contributed by atoms with van der Waals surface area (Å²) in [4.78, 5) is 30.1. The second-order valence-electron chi connectivity index (χ2n) is 10.0. The van der Waals surface area contributed by atoms with Crippen LogP contribution in [0, 0.1) is 18.8 Å². The summed E-state index contributed by atoms with van der Waals surface area (Å²) in [6, 6.07) is 3.42. The summed E-state index contributed by atoms with van der Waals surface area (Å²) in [5.41, 5.74) is 2.72. The first-order valence-electron chi connectivity index (χ1n) is 12.1. The molecule has 36 heavy (non-hydrogen) atoms. The number of alkyl halides is 2. The lowest BCUT2D eigenvalue weighted by Gasteiger charge is -2.39. The van der Waals surface area contributed by atoms with Crippen molar-refractivity contribution >= 4 is 11.7 Å². The first kappa shape index (κ1) is 24.1. The molecule has 0 spiro atoms. The third kappa shape index (κ3) is 5.02. The van der Waals surface area contributed by atoms with Gasteiger partial charge >= 0.3 is 11.7 Å². The second-order valence-corrected chi connectivity index (χ2v) is 10.0. The Labute approximate surface area is 206 Å². The molecule has 2 aliphatic rings. The van der Waals surface area contributed by atoms with Crippen LogP contribution in [0.25, 0.3) is 11.4 Å². The summed E-state index contributed by atoms with van der Waals surface area (Å²) in [5, 5.41) is 17.5. The Kier molecular flexibility index (Phi) is 6.13. The monoisotopic (exact) mass is 501 g/mol. The van der Waals surface area contributed by atoms with Crippen LogP contribution in [0.15, 0.2) is 29.3 Å². The third-order valence-electron chi connectivity index (χ3n) is 6.93. The number of hydrogen-bond acceptors (Lipinski definition) is 6. The molecule has 192 valence electrons. The molecule has 1 atom stereocenters. The number of hydrogen-bond donors (Lipinski definition) is 1. The van der Waals surface area contributed by atoms with E-state index in [2.05, 4.69) is 15.3 Å². The normalized spacial score (nSPS) is 19.6. The van der Waals surface area contributed by atoms with Gasteiger partial charge in [-0.3, -0.25) is 13.9 Å². The zero-order chi connectivity index (χ0) is 25.6. The Morgan fingerprint density at radius 1 is 1.19 bits per heavy atom. The minimum atomic E-state index is -2.98. The number of carboxylic acids is 1. The van der Waals surface area contributed by atoms with Gasteiger partial charge in [-0.15, -0.1) is 5.10 Å². The Bertz CT molecular complexity index is 1340. The molecule has 1 aliphatic carbocycles. The highest BCUT2D eigenvalue weighted by atomic mass is 19.3. The van der Waals surface area contributed by atoms with Crippen molar-refractivity contribution in [2.45, 2.75) is 51.6 Å². The zero-order valence-electron chi connectivity index (χ0n) is 20.3. The van der Waals surface area contributed by atoms with Crippen LogP contribution in [-0.2, 0) is 24.9 Å². The summed E-state index contributed by atoms with van der Waals surface area (Å²) < 4.78 is 33.7. The quantitative estimate of drug-likeness (QED) is 0.505. The fraction of sp³-hybridized carbons (Fsp3) is 0.542. The number of carbonyl (C=O) groups is 1. The van der Waals surface area contributed by atoms with E-state index < -0.39 is 30.8 Å². The first-order chi connectivity index (χ1) is 17.1. The molecule has 0 amide bonds. The predicted molar refractivity (Wildman–Crippen MR) is 127 cm³/mol. The van der Waals surface area contributed by atoms with Gasteiger partial charge in [-0.2, -0.15) is 0 Å². The van der Waals surface area contributed by atoms with E-state index in [-0.39, 0.29) is 25.2 Å². The van der Waals surface area contributed by atoms with Gasteiger partial charge < -0.3 is 10.0 Å². The zero-order valence-corrected chi connectivity index (χ0v) is 20.3. The van der Waals surface area contributed by atoms with Gasteiger partial charge in [0, 0.05) is 39.0 Å². The largest absolute Gasteiger partial charge is 0.481 e. The van der Waals surface area contributed by atoms with Crippen molar-refractivity contribution in [3.05, 3.63) is 46.4 Å². The minimum Gasteiger partial charge on any atom is -0.481 e. The van der Waals surface area contributed by atoms with E-state index in [0.717, 1.165) is 19.4 Å². The molecule has 1 saturated heterocycles. The highest BCUT2D eigenvalue weighted by Crippen LogP contribution is 2.36. The molecule has 0 radical (unpaired) electrons. The van der Waals surface area contributed by atoms with E-state index in [1.807, 2.05) is 0 Å². The summed E-state index contributed by atoms with van der Waals surface area (Å²) in [6.07, 6.45) is 5.13. The van der Waals surface area contributed by atoms with Gasteiger partial charge in [0.05, 0.1) is 42.3 Å². The molecule has 0 aromatic carbocycles. The number of rotatable bonds is 8. The van der Waals surface area contributed by atoms with E-state index in [1.54, 1.807) is 52.3 Å². The fourth-order valence-electron chi connectivity index (χ4n) is 5.00.